The van der Waals surface area contributed by atoms with E-state index in [0.717, 1.165) is 37.4 Å². The minimum Gasteiger partial charge on any atom is -0.492 e. The van der Waals surface area contributed by atoms with Gasteiger partial charge in [0.15, 0.2) is 0 Å². The minimum absolute atomic E-state index is 0.545. The highest BCUT2D eigenvalue weighted by Gasteiger charge is 2.11. The Morgan fingerprint density at radius 2 is 2.00 bits per heavy atom. The van der Waals surface area contributed by atoms with Crippen LogP contribution in [-0.4, -0.2) is 44.4 Å². The van der Waals surface area contributed by atoms with Crippen molar-refractivity contribution in [3.63, 3.8) is 0 Å². The molecule has 1 aromatic rings. The molecule has 0 fully saturated rings. The van der Waals surface area contributed by atoms with Crippen molar-refractivity contribution in [1.29, 1.82) is 0 Å². The summed E-state index contributed by atoms with van der Waals surface area (Å²) in [5.41, 5.74) is 6.73. The molecule has 0 saturated carbocycles. The van der Waals surface area contributed by atoms with Gasteiger partial charge in [-0.2, -0.15) is 0 Å². The van der Waals surface area contributed by atoms with Gasteiger partial charge < -0.3 is 15.2 Å². The van der Waals surface area contributed by atoms with Gasteiger partial charge in [0, 0.05) is 32.8 Å². The highest BCUT2D eigenvalue weighted by molar-refractivity contribution is 5.28. The van der Waals surface area contributed by atoms with E-state index in [-0.39, 0.29) is 0 Å². The molecule has 114 valence electrons. The molecule has 0 radical (unpaired) electrons. The third-order valence-electron chi connectivity index (χ3n) is 3.58. The van der Waals surface area contributed by atoms with E-state index < -0.39 is 0 Å². The molecule has 20 heavy (non-hydrogen) atoms. The Morgan fingerprint density at radius 3 is 2.65 bits per heavy atom. The van der Waals surface area contributed by atoms with Gasteiger partial charge in [0.25, 0.3) is 0 Å². The molecule has 0 aliphatic rings. The summed E-state index contributed by atoms with van der Waals surface area (Å²) in [6.07, 6.45) is 1.13. The number of benzene rings is 1. The maximum atomic E-state index is 5.82. The van der Waals surface area contributed by atoms with Crippen LogP contribution in [-0.2, 0) is 11.3 Å². The molecule has 0 bridgehead atoms. The number of methoxy groups -OCH3 is 1. The molecule has 0 aliphatic carbocycles. The molecule has 0 amide bonds. The van der Waals surface area contributed by atoms with Crippen molar-refractivity contribution in [1.82, 2.24) is 4.90 Å². The third-order valence-corrected chi connectivity index (χ3v) is 3.58. The molecular weight excluding hydrogens is 252 g/mol. The topological polar surface area (TPSA) is 47.7 Å². The third kappa shape index (κ3) is 5.90. The molecule has 1 atom stereocenters. The van der Waals surface area contributed by atoms with Crippen LogP contribution in [0.3, 0.4) is 0 Å². The van der Waals surface area contributed by atoms with Crippen LogP contribution < -0.4 is 10.5 Å². The first-order chi connectivity index (χ1) is 9.71. The SMILES string of the molecule is CCC(C)N(CCOC)CCOc1cccc(CN)c1. The summed E-state index contributed by atoms with van der Waals surface area (Å²) in [5.74, 6) is 0.892. The fourth-order valence-corrected chi connectivity index (χ4v) is 2.06. The molecule has 0 spiro atoms. The van der Waals surface area contributed by atoms with Gasteiger partial charge in [-0.05, 0) is 31.0 Å². The zero-order chi connectivity index (χ0) is 14.8. The quantitative estimate of drug-likeness (QED) is 0.714. The smallest absolute Gasteiger partial charge is 0.119 e. The highest BCUT2D eigenvalue weighted by Crippen LogP contribution is 2.13. The molecule has 0 heterocycles. The second kappa shape index (κ2) is 9.75. The normalized spacial score (nSPS) is 12.7. The fourth-order valence-electron chi connectivity index (χ4n) is 2.06. The Morgan fingerprint density at radius 1 is 1.25 bits per heavy atom. The van der Waals surface area contributed by atoms with Crippen LogP contribution in [0.15, 0.2) is 24.3 Å². The van der Waals surface area contributed by atoms with E-state index in [9.17, 15) is 0 Å². The van der Waals surface area contributed by atoms with Crippen molar-refractivity contribution < 1.29 is 9.47 Å². The lowest BCUT2D eigenvalue weighted by molar-refractivity contribution is 0.109. The van der Waals surface area contributed by atoms with Gasteiger partial charge in [0.1, 0.15) is 12.4 Å². The minimum atomic E-state index is 0.545. The Bertz CT molecular complexity index is 371. The summed E-state index contributed by atoms with van der Waals surface area (Å²) in [4.78, 5) is 2.40. The van der Waals surface area contributed by atoms with Crippen molar-refractivity contribution in [3.05, 3.63) is 29.8 Å². The van der Waals surface area contributed by atoms with E-state index in [0.29, 0.717) is 19.2 Å². The van der Waals surface area contributed by atoms with Crippen LogP contribution >= 0.6 is 0 Å². The largest absolute Gasteiger partial charge is 0.492 e. The lowest BCUT2D eigenvalue weighted by Gasteiger charge is -2.28. The Labute approximate surface area is 122 Å². The van der Waals surface area contributed by atoms with Gasteiger partial charge in [0.2, 0.25) is 0 Å². The fraction of sp³-hybridized carbons (Fsp3) is 0.625. The second-order valence-electron chi connectivity index (χ2n) is 4.99. The lowest BCUT2D eigenvalue weighted by atomic mass is 10.2. The maximum absolute atomic E-state index is 5.82. The maximum Gasteiger partial charge on any atom is 0.119 e. The molecule has 4 heteroatoms. The number of nitrogens with two attached hydrogens (primary N) is 1. The van der Waals surface area contributed by atoms with Crippen LogP contribution in [0, 0.1) is 0 Å². The molecule has 4 nitrogen and oxygen atoms in total. The predicted molar refractivity (Wildman–Crippen MR) is 83.0 cm³/mol. The summed E-state index contributed by atoms with van der Waals surface area (Å²) in [7, 11) is 1.74. The van der Waals surface area contributed by atoms with E-state index >= 15 is 0 Å². The van der Waals surface area contributed by atoms with Gasteiger partial charge in [0.05, 0.1) is 6.61 Å². The van der Waals surface area contributed by atoms with E-state index in [1.165, 1.54) is 0 Å². The number of hydrogen-bond donors (Lipinski definition) is 1. The van der Waals surface area contributed by atoms with E-state index in [4.69, 9.17) is 15.2 Å². The summed E-state index contributed by atoms with van der Waals surface area (Å²) in [6, 6.07) is 8.51. The molecule has 1 unspecified atom stereocenters. The molecule has 0 aromatic heterocycles. The van der Waals surface area contributed by atoms with E-state index in [1.54, 1.807) is 7.11 Å². The van der Waals surface area contributed by atoms with Gasteiger partial charge in [-0.3, -0.25) is 4.90 Å². The van der Waals surface area contributed by atoms with Crippen LogP contribution in [0.5, 0.6) is 5.75 Å². The standard InChI is InChI=1S/C16H28N2O2/c1-4-14(2)18(8-10-19-3)9-11-20-16-7-5-6-15(12-16)13-17/h5-7,12,14H,4,8-11,13,17H2,1-3H3. The van der Waals surface area contributed by atoms with E-state index in [1.807, 2.05) is 24.3 Å². The first-order valence-corrected chi connectivity index (χ1v) is 7.36. The molecule has 1 aromatic carbocycles. The van der Waals surface area contributed by atoms with Gasteiger partial charge in [-0.25, -0.2) is 0 Å². The number of hydrogen-bond acceptors (Lipinski definition) is 4. The number of rotatable bonds is 10. The zero-order valence-corrected chi connectivity index (χ0v) is 13.0. The number of nitrogens with zero attached hydrogens (tertiary/aromatic N) is 1. The lowest BCUT2D eigenvalue weighted by Crippen LogP contribution is -2.38. The van der Waals surface area contributed by atoms with Crippen LogP contribution in [0.2, 0.25) is 0 Å². The van der Waals surface area contributed by atoms with Crippen molar-refractivity contribution in [2.75, 3.05) is 33.4 Å². The summed E-state index contributed by atoms with van der Waals surface area (Å²) in [5, 5.41) is 0. The van der Waals surface area contributed by atoms with Crippen molar-refractivity contribution in [2.24, 2.45) is 5.73 Å². The predicted octanol–water partition coefficient (Wildman–Crippen LogP) is 2.27. The summed E-state index contributed by atoms with van der Waals surface area (Å²) >= 11 is 0. The second-order valence-corrected chi connectivity index (χ2v) is 4.99. The Balaban J connectivity index is 2.42. The highest BCUT2D eigenvalue weighted by atomic mass is 16.5. The van der Waals surface area contributed by atoms with Crippen molar-refractivity contribution >= 4 is 0 Å². The van der Waals surface area contributed by atoms with Crippen LogP contribution in [0.1, 0.15) is 25.8 Å². The summed E-state index contributed by atoms with van der Waals surface area (Å²) in [6.45, 7) is 8.28. The Kier molecular flexibility index (Phi) is 8.26. The monoisotopic (exact) mass is 280 g/mol. The Hall–Kier alpha value is -1.10. The molecular formula is C16H28N2O2. The van der Waals surface area contributed by atoms with Gasteiger partial charge in [-0.15, -0.1) is 0 Å². The number of ether oxygens (including phenoxy) is 2. The van der Waals surface area contributed by atoms with Gasteiger partial charge >= 0.3 is 0 Å². The summed E-state index contributed by atoms with van der Waals surface area (Å²) < 4.78 is 11.0. The van der Waals surface area contributed by atoms with Gasteiger partial charge in [-0.1, -0.05) is 19.1 Å². The first kappa shape index (κ1) is 17.0. The van der Waals surface area contributed by atoms with Crippen LogP contribution in [0.4, 0.5) is 0 Å². The van der Waals surface area contributed by atoms with Crippen molar-refractivity contribution in [3.8, 4) is 5.75 Å². The molecule has 1 rings (SSSR count). The van der Waals surface area contributed by atoms with E-state index in [2.05, 4.69) is 18.7 Å². The zero-order valence-electron chi connectivity index (χ0n) is 13.0. The first-order valence-electron chi connectivity index (χ1n) is 7.36. The molecule has 0 aliphatic heterocycles. The van der Waals surface area contributed by atoms with Crippen molar-refractivity contribution in [2.45, 2.75) is 32.9 Å². The van der Waals surface area contributed by atoms with Crippen LogP contribution in [0.25, 0.3) is 0 Å². The molecule has 0 saturated heterocycles. The average Bonchev–Trinajstić information content (AvgIpc) is 2.50. The average molecular weight is 280 g/mol. The molecule has 2 N–H and O–H groups in total.